The summed E-state index contributed by atoms with van der Waals surface area (Å²) in [7, 11) is 0. The van der Waals surface area contributed by atoms with Gasteiger partial charge in [0, 0.05) is 6.07 Å². The minimum absolute atomic E-state index is 0.0265. The van der Waals surface area contributed by atoms with Crippen molar-refractivity contribution in [2.45, 2.75) is 6.61 Å². The predicted octanol–water partition coefficient (Wildman–Crippen LogP) is 2.71. The van der Waals surface area contributed by atoms with Gasteiger partial charge in [-0.1, -0.05) is 17.8 Å². The second-order valence-corrected chi connectivity index (χ2v) is 3.53. The first-order valence-corrected chi connectivity index (χ1v) is 5.71. The van der Waals surface area contributed by atoms with Crippen LogP contribution in [0.15, 0.2) is 29.3 Å². The molecule has 0 unspecified atom stereocenters. The number of halogens is 2. The summed E-state index contributed by atoms with van der Waals surface area (Å²) in [6.07, 6.45) is 3.47. The van der Waals surface area contributed by atoms with Crippen LogP contribution >= 0.6 is 11.8 Å². The van der Waals surface area contributed by atoms with Crippen molar-refractivity contribution in [3.8, 4) is 11.9 Å². The molecule has 1 N–H and O–H groups in total. The summed E-state index contributed by atoms with van der Waals surface area (Å²) in [6.45, 7) is -2.87. The number of rotatable bonds is 3. The minimum atomic E-state index is -2.87. The SMILES string of the molecule is CSC(=Nc1cccc(OC(F)F)c1)NC#N. The number of ether oxygens (including phenoxy) is 1. The standard InChI is InChI=1S/C10H9F2N3OS/c1-17-10(14-6-13)15-7-3-2-4-8(5-7)16-9(11)12/h2-5,9H,1H3,(H,14,15). The van der Waals surface area contributed by atoms with Gasteiger partial charge in [-0.05, 0) is 18.4 Å². The Morgan fingerprint density at radius 1 is 1.59 bits per heavy atom. The van der Waals surface area contributed by atoms with E-state index in [4.69, 9.17) is 5.26 Å². The summed E-state index contributed by atoms with van der Waals surface area (Å²) >= 11 is 1.24. The van der Waals surface area contributed by atoms with E-state index < -0.39 is 6.61 Å². The van der Waals surface area contributed by atoms with E-state index in [9.17, 15) is 8.78 Å². The molecule has 0 fully saturated rings. The van der Waals surface area contributed by atoms with Crippen LogP contribution in [-0.4, -0.2) is 18.0 Å². The first-order valence-electron chi connectivity index (χ1n) is 4.48. The van der Waals surface area contributed by atoms with Crippen molar-refractivity contribution < 1.29 is 13.5 Å². The number of amidine groups is 1. The van der Waals surface area contributed by atoms with Crippen LogP contribution in [0.4, 0.5) is 14.5 Å². The summed E-state index contributed by atoms with van der Waals surface area (Å²) in [5.74, 6) is 0.0265. The lowest BCUT2D eigenvalue weighted by Gasteiger charge is -2.05. The number of benzene rings is 1. The van der Waals surface area contributed by atoms with Crippen LogP contribution in [0.5, 0.6) is 5.75 Å². The third kappa shape index (κ3) is 4.70. The van der Waals surface area contributed by atoms with Gasteiger partial charge in [-0.3, -0.25) is 5.32 Å². The molecule has 4 nitrogen and oxygen atoms in total. The van der Waals surface area contributed by atoms with Crippen LogP contribution in [0.1, 0.15) is 0 Å². The summed E-state index contributed by atoms with van der Waals surface area (Å²) in [5, 5.41) is 11.2. The van der Waals surface area contributed by atoms with Gasteiger partial charge in [0.2, 0.25) is 0 Å². The maximum atomic E-state index is 12.0. The Kier molecular flexibility index (Phi) is 5.23. The molecule has 0 heterocycles. The lowest BCUT2D eigenvalue weighted by molar-refractivity contribution is -0.0498. The molecule has 1 rings (SSSR count). The van der Waals surface area contributed by atoms with Gasteiger partial charge >= 0.3 is 6.61 Å². The molecule has 0 aliphatic rings. The maximum Gasteiger partial charge on any atom is 0.387 e. The van der Waals surface area contributed by atoms with Crippen LogP contribution in [0.3, 0.4) is 0 Å². The molecule has 90 valence electrons. The Morgan fingerprint density at radius 2 is 2.35 bits per heavy atom. The molecule has 0 spiro atoms. The molecule has 0 saturated carbocycles. The highest BCUT2D eigenvalue weighted by Crippen LogP contribution is 2.22. The topological polar surface area (TPSA) is 57.4 Å². The monoisotopic (exact) mass is 257 g/mol. The Labute approximate surface area is 101 Å². The van der Waals surface area contributed by atoms with Gasteiger partial charge in [-0.15, -0.1) is 0 Å². The Hall–Kier alpha value is -1.81. The second kappa shape index (κ2) is 6.70. The molecule has 0 aliphatic heterocycles. The molecule has 0 amide bonds. The van der Waals surface area contributed by atoms with Gasteiger partial charge in [0.25, 0.3) is 0 Å². The average Bonchev–Trinajstić information content (AvgIpc) is 2.28. The fraction of sp³-hybridized carbons (Fsp3) is 0.200. The number of nitrogens with one attached hydrogen (secondary N) is 1. The van der Waals surface area contributed by atoms with Gasteiger partial charge in [-0.2, -0.15) is 14.0 Å². The molecule has 1 aromatic rings. The van der Waals surface area contributed by atoms with Gasteiger partial charge in [0.1, 0.15) is 5.75 Å². The number of thioether (sulfide) groups is 1. The molecular weight excluding hydrogens is 248 g/mol. The number of alkyl halides is 2. The van der Waals surface area contributed by atoms with Gasteiger partial charge in [0.15, 0.2) is 11.4 Å². The number of nitrogens with zero attached hydrogens (tertiary/aromatic N) is 2. The predicted molar refractivity (Wildman–Crippen MR) is 62.4 cm³/mol. The number of hydrogen-bond acceptors (Lipinski definition) is 4. The number of nitriles is 1. The quantitative estimate of drug-likeness (QED) is 0.391. The van der Waals surface area contributed by atoms with Crippen LogP contribution in [0.25, 0.3) is 0 Å². The third-order valence-corrected chi connectivity index (χ3v) is 2.21. The molecule has 0 radical (unpaired) electrons. The zero-order chi connectivity index (χ0) is 12.7. The third-order valence-electron chi connectivity index (χ3n) is 1.63. The second-order valence-electron chi connectivity index (χ2n) is 2.73. The number of hydrogen-bond donors (Lipinski definition) is 1. The zero-order valence-corrected chi connectivity index (χ0v) is 9.67. The molecule has 0 atom stereocenters. The highest BCUT2D eigenvalue weighted by atomic mass is 32.2. The highest BCUT2D eigenvalue weighted by molar-refractivity contribution is 8.13. The molecule has 0 aliphatic carbocycles. The summed E-state index contributed by atoms with van der Waals surface area (Å²) in [4.78, 5) is 4.06. The first kappa shape index (κ1) is 13.3. The molecule has 0 saturated heterocycles. The van der Waals surface area contributed by atoms with E-state index in [2.05, 4.69) is 15.0 Å². The average molecular weight is 257 g/mol. The fourth-order valence-electron chi connectivity index (χ4n) is 1.02. The molecule has 0 aromatic heterocycles. The van der Waals surface area contributed by atoms with Crippen molar-refractivity contribution in [1.82, 2.24) is 5.32 Å². The van der Waals surface area contributed by atoms with E-state index in [1.54, 1.807) is 24.6 Å². The smallest absolute Gasteiger partial charge is 0.387 e. The van der Waals surface area contributed by atoms with E-state index in [1.165, 1.54) is 23.9 Å². The largest absolute Gasteiger partial charge is 0.435 e. The molecule has 0 bridgehead atoms. The molecule has 1 aromatic carbocycles. The number of aliphatic imine (C=N–C) groups is 1. The molecular formula is C10H9F2N3OS. The normalized spacial score (nSPS) is 11.1. The highest BCUT2D eigenvalue weighted by Gasteiger charge is 2.04. The van der Waals surface area contributed by atoms with E-state index in [1.807, 2.05) is 0 Å². The molecule has 17 heavy (non-hydrogen) atoms. The van der Waals surface area contributed by atoms with Crippen molar-refractivity contribution in [2.24, 2.45) is 4.99 Å². The van der Waals surface area contributed by atoms with Gasteiger partial charge in [0.05, 0.1) is 5.69 Å². The van der Waals surface area contributed by atoms with Crippen LogP contribution in [-0.2, 0) is 0 Å². The Morgan fingerprint density at radius 3 is 2.94 bits per heavy atom. The minimum Gasteiger partial charge on any atom is -0.435 e. The van der Waals surface area contributed by atoms with Crippen molar-refractivity contribution in [3.05, 3.63) is 24.3 Å². The van der Waals surface area contributed by atoms with E-state index >= 15 is 0 Å². The Bertz CT molecular complexity index is 445. The fourth-order valence-corrected chi connectivity index (χ4v) is 1.36. The van der Waals surface area contributed by atoms with Crippen molar-refractivity contribution >= 4 is 22.6 Å². The van der Waals surface area contributed by atoms with E-state index in [0.29, 0.717) is 10.9 Å². The van der Waals surface area contributed by atoms with Crippen molar-refractivity contribution in [1.29, 1.82) is 5.26 Å². The van der Waals surface area contributed by atoms with Crippen LogP contribution < -0.4 is 10.1 Å². The first-order chi connectivity index (χ1) is 8.15. The zero-order valence-electron chi connectivity index (χ0n) is 8.85. The van der Waals surface area contributed by atoms with E-state index in [0.717, 1.165) is 0 Å². The van der Waals surface area contributed by atoms with Gasteiger partial charge in [-0.25, -0.2) is 4.99 Å². The van der Waals surface area contributed by atoms with Crippen LogP contribution in [0, 0.1) is 11.5 Å². The summed E-state index contributed by atoms with van der Waals surface area (Å²) < 4.78 is 28.2. The van der Waals surface area contributed by atoms with Crippen molar-refractivity contribution in [2.75, 3.05) is 6.26 Å². The lowest BCUT2D eigenvalue weighted by Crippen LogP contribution is -2.12. The van der Waals surface area contributed by atoms with Gasteiger partial charge < -0.3 is 4.74 Å². The van der Waals surface area contributed by atoms with Crippen molar-refractivity contribution in [3.63, 3.8) is 0 Å². The summed E-state index contributed by atoms with van der Waals surface area (Å²) in [6, 6.07) is 5.93. The lowest BCUT2D eigenvalue weighted by atomic mass is 10.3. The molecule has 7 heteroatoms. The summed E-state index contributed by atoms with van der Waals surface area (Å²) in [5.41, 5.74) is 0.426. The Balaban J connectivity index is 2.88. The van der Waals surface area contributed by atoms with E-state index in [-0.39, 0.29) is 5.75 Å². The maximum absolute atomic E-state index is 12.0. The van der Waals surface area contributed by atoms with Crippen LogP contribution in [0.2, 0.25) is 0 Å².